The predicted octanol–water partition coefficient (Wildman–Crippen LogP) is 6.62. The number of allylic oxidation sites excluding steroid dienone is 1. The molecule has 3 aromatic carbocycles. The first-order valence-electron chi connectivity index (χ1n) is 11.3. The van der Waals surface area contributed by atoms with Crippen molar-refractivity contribution in [3.63, 3.8) is 0 Å². The quantitative estimate of drug-likeness (QED) is 0.109. The second-order valence-electron chi connectivity index (χ2n) is 7.99. The van der Waals surface area contributed by atoms with Crippen LogP contribution in [-0.2, 0) is 14.3 Å². The predicted molar refractivity (Wildman–Crippen MR) is 156 cm³/mol. The average molecular weight is 680 g/mol. The molecule has 0 aromatic heterocycles. The minimum Gasteiger partial charge on any atom is -0.508 e. The highest BCUT2D eigenvalue weighted by molar-refractivity contribution is 14.1. The summed E-state index contributed by atoms with van der Waals surface area (Å²) in [5.41, 5.74) is 7.85. The number of phenolic OH excluding ortho intramolecular Hbond substituents is 1. The lowest BCUT2D eigenvalue weighted by Crippen LogP contribution is -2.28. The molecule has 0 aliphatic carbocycles. The highest BCUT2D eigenvalue weighted by atomic mass is 127. The van der Waals surface area contributed by atoms with E-state index in [9.17, 15) is 14.7 Å². The van der Waals surface area contributed by atoms with Gasteiger partial charge in [0.15, 0.2) is 6.10 Å². The molecule has 0 aliphatic heterocycles. The number of aromatic hydroxyl groups is 1. The Kier molecular flexibility index (Phi) is 10.8. The number of halogens is 2. The smallest absolute Gasteiger partial charge is 0.412 e. The molecule has 0 radical (unpaired) electrons. The fourth-order valence-corrected chi connectivity index (χ4v) is 4.30. The zero-order valence-corrected chi connectivity index (χ0v) is 23.7. The topological polar surface area (TPSA) is 123 Å². The number of nitrogen functional groups attached to an aromatic ring is 1. The molecule has 8 nitrogen and oxygen atoms in total. The van der Waals surface area contributed by atoms with E-state index in [-0.39, 0.29) is 11.7 Å². The third-order valence-corrected chi connectivity index (χ3v) is 6.57. The molecule has 10 heteroatoms. The Morgan fingerprint density at radius 3 is 2.54 bits per heavy atom. The molecule has 2 atom stereocenters. The summed E-state index contributed by atoms with van der Waals surface area (Å²) in [7, 11) is 1.51. The van der Waals surface area contributed by atoms with E-state index >= 15 is 0 Å². The number of rotatable bonds is 10. The third kappa shape index (κ3) is 8.76. The molecule has 0 saturated heterocycles. The van der Waals surface area contributed by atoms with Crippen molar-refractivity contribution in [2.75, 3.05) is 23.5 Å². The zero-order chi connectivity index (χ0) is 26.8. The van der Waals surface area contributed by atoms with Crippen LogP contribution in [0.5, 0.6) is 5.75 Å². The summed E-state index contributed by atoms with van der Waals surface area (Å²) in [5.74, 6) is -0.330. The molecule has 2 amide bonds. The number of ether oxygens (including phenoxy) is 2. The van der Waals surface area contributed by atoms with Gasteiger partial charge in [-0.2, -0.15) is 0 Å². The van der Waals surface area contributed by atoms with E-state index in [4.69, 9.17) is 15.2 Å². The molecule has 5 N–H and O–H groups in total. The lowest BCUT2D eigenvalue weighted by molar-refractivity contribution is -0.111. The third-order valence-electron chi connectivity index (χ3n) is 5.37. The van der Waals surface area contributed by atoms with Crippen LogP contribution < -0.4 is 16.4 Å². The highest BCUT2D eigenvalue weighted by Crippen LogP contribution is 2.34. The summed E-state index contributed by atoms with van der Waals surface area (Å²) in [5, 5.41) is 16.0. The number of methoxy groups -OCH3 is 1. The standard InChI is InChI=1S/C27H27BrIN3O5/c1-36-24(8-4-5-9-25(34)32-22-7-3-2-6-21(22)30)26(20-16-18(29)12-15-23(20)33)37-27(35)31-19-13-10-17(28)11-14-19/h2-3,5-7,9-16,24,26,33H,4,8,30H2,1H3,(H,31,35)(H,32,34)/b9-5+/t24-,26-/m1/s1. The maximum atomic E-state index is 12.8. The minimum absolute atomic E-state index is 0.0146. The first kappa shape index (κ1) is 28.5. The van der Waals surface area contributed by atoms with Crippen LogP contribution in [-0.4, -0.2) is 30.3 Å². The highest BCUT2D eigenvalue weighted by Gasteiger charge is 2.29. The summed E-state index contributed by atoms with van der Waals surface area (Å²) in [6.45, 7) is 0. The van der Waals surface area contributed by atoms with Crippen LogP contribution in [0.2, 0.25) is 0 Å². The Balaban J connectivity index is 1.69. The number of phenols is 1. The number of para-hydroxylation sites is 2. The summed E-state index contributed by atoms with van der Waals surface area (Å²) >= 11 is 5.48. The minimum atomic E-state index is -0.901. The number of amides is 2. The van der Waals surface area contributed by atoms with Crippen molar-refractivity contribution in [3.05, 3.63) is 92.5 Å². The van der Waals surface area contributed by atoms with Gasteiger partial charge in [-0.05, 0) is 96.1 Å². The van der Waals surface area contributed by atoms with Gasteiger partial charge in [0.05, 0.1) is 17.5 Å². The van der Waals surface area contributed by atoms with E-state index in [1.54, 1.807) is 72.8 Å². The van der Waals surface area contributed by atoms with Gasteiger partial charge in [0.25, 0.3) is 0 Å². The normalized spacial score (nSPS) is 12.6. The first-order chi connectivity index (χ1) is 17.8. The van der Waals surface area contributed by atoms with Crippen molar-refractivity contribution in [1.29, 1.82) is 0 Å². The molecule has 0 bridgehead atoms. The Morgan fingerprint density at radius 1 is 1.11 bits per heavy atom. The lowest BCUT2D eigenvalue weighted by Gasteiger charge is -2.27. The fraction of sp³-hybridized carbons (Fsp3) is 0.185. The molecule has 0 spiro atoms. The van der Waals surface area contributed by atoms with Crippen molar-refractivity contribution in [3.8, 4) is 5.75 Å². The molecular formula is C27H27BrIN3O5. The fourth-order valence-electron chi connectivity index (χ4n) is 3.52. The molecule has 3 aromatic rings. The van der Waals surface area contributed by atoms with Crippen molar-refractivity contribution in [2.45, 2.75) is 25.0 Å². The van der Waals surface area contributed by atoms with Crippen molar-refractivity contribution in [2.24, 2.45) is 0 Å². The van der Waals surface area contributed by atoms with E-state index in [0.29, 0.717) is 35.5 Å². The molecule has 37 heavy (non-hydrogen) atoms. The van der Waals surface area contributed by atoms with Gasteiger partial charge in [0.1, 0.15) is 5.75 Å². The maximum Gasteiger partial charge on any atom is 0.412 e. The van der Waals surface area contributed by atoms with Gasteiger partial charge in [-0.15, -0.1) is 0 Å². The number of carbonyl (C=O) groups excluding carboxylic acids is 2. The largest absolute Gasteiger partial charge is 0.508 e. The summed E-state index contributed by atoms with van der Waals surface area (Å²) in [6.07, 6.45) is 1.79. The molecule has 0 fully saturated rings. The molecule has 3 rings (SSSR count). The number of carbonyl (C=O) groups is 2. The van der Waals surface area contributed by atoms with Crippen LogP contribution >= 0.6 is 38.5 Å². The molecule has 0 heterocycles. The van der Waals surface area contributed by atoms with Crippen LogP contribution in [0, 0.1) is 3.57 Å². The number of nitrogens with one attached hydrogen (secondary N) is 2. The summed E-state index contributed by atoms with van der Waals surface area (Å²) in [6, 6.07) is 19.1. The summed E-state index contributed by atoms with van der Waals surface area (Å²) < 4.78 is 13.2. The maximum absolute atomic E-state index is 12.8. The van der Waals surface area contributed by atoms with E-state index in [1.807, 2.05) is 0 Å². The van der Waals surface area contributed by atoms with Crippen molar-refractivity contribution in [1.82, 2.24) is 0 Å². The molecule has 0 saturated carbocycles. The number of anilines is 3. The van der Waals surface area contributed by atoms with Crippen LogP contribution in [0.1, 0.15) is 24.5 Å². The van der Waals surface area contributed by atoms with Crippen molar-refractivity contribution >= 4 is 67.6 Å². The van der Waals surface area contributed by atoms with Gasteiger partial charge >= 0.3 is 6.09 Å². The number of hydrogen-bond donors (Lipinski definition) is 4. The SMILES string of the molecule is CO[C@H](CC/C=C/C(=O)Nc1ccccc1N)[C@H](OC(=O)Nc1ccc(Br)cc1)c1cc(I)ccc1O. The van der Waals surface area contributed by atoms with Gasteiger partial charge in [-0.25, -0.2) is 4.79 Å². The molecule has 0 aliphatic rings. The van der Waals surface area contributed by atoms with Crippen LogP contribution in [0.15, 0.2) is 83.4 Å². The Hall–Kier alpha value is -3.09. The summed E-state index contributed by atoms with van der Waals surface area (Å²) in [4.78, 5) is 25.0. The second kappa shape index (κ2) is 14.0. The first-order valence-corrected chi connectivity index (χ1v) is 13.2. The number of hydrogen-bond acceptors (Lipinski definition) is 6. The van der Waals surface area contributed by atoms with E-state index in [0.717, 1.165) is 8.04 Å². The van der Waals surface area contributed by atoms with E-state index in [2.05, 4.69) is 49.2 Å². The number of benzene rings is 3. The van der Waals surface area contributed by atoms with Gasteiger partial charge in [-0.1, -0.05) is 34.1 Å². The van der Waals surface area contributed by atoms with E-state index in [1.165, 1.54) is 13.2 Å². The lowest BCUT2D eigenvalue weighted by atomic mass is 9.99. The zero-order valence-electron chi connectivity index (χ0n) is 20.0. The molecule has 194 valence electrons. The van der Waals surface area contributed by atoms with E-state index < -0.39 is 18.3 Å². The van der Waals surface area contributed by atoms with Crippen molar-refractivity contribution < 1.29 is 24.2 Å². The van der Waals surface area contributed by atoms with Gasteiger partial charge in [0.2, 0.25) is 5.91 Å². The average Bonchev–Trinajstić information content (AvgIpc) is 2.87. The monoisotopic (exact) mass is 679 g/mol. The van der Waals surface area contributed by atoms with Gasteiger partial charge < -0.3 is 25.6 Å². The van der Waals surface area contributed by atoms with Gasteiger partial charge in [-0.3, -0.25) is 10.1 Å². The van der Waals surface area contributed by atoms with Crippen LogP contribution in [0.25, 0.3) is 0 Å². The van der Waals surface area contributed by atoms with Crippen LogP contribution in [0.3, 0.4) is 0 Å². The van der Waals surface area contributed by atoms with Crippen LogP contribution in [0.4, 0.5) is 21.9 Å². The second-order valence-corrected chi connectivity index (χ2v) is 10.2. The Morgan fingerprint density at radius 2 is 1.84 bits per heavy atom. The Bertz CT molecular complexity index is 1250. The Labute approximate surface area is 237 Å². The van der Waals surface area contributed by atoms with Gasteiger partial charge in [0, 0.05) is 26.4 Å². The molecule has 0 unspecified atom stereocenters. The molecular weight excluding hydrogens is 653 g/mol. The number of nitrogens with two attached hydrogens (primary N) is 1.